The van der Waals surface area contributed by atoms with Gasteiger partial charge in [0.15, 0.2) is 0 Å². The zero-order chi connectivity index (χ0) is 22.7. The average Bonchev–Trinajstić information content (AvgIpc) is 3.53. The summed E-state index contributed by atoms with van der Waals surface area (Å²) in [7, 11) is 1.64. The molecule has 0 unspecified atom stereocenters. The van der Waals surface area contributed by atoms with E-state index in [0.717, 1.165) is 29.2 Å². The summed E-state index contributed by atoms with van der Waals surface area (Å²) in [6, 6.07) is 15.1. The van der Waals surface area contributed by atoms with Crippen LogP contribution in [0.5, 0.6) is 17.4 Å². The molecule has 7 heteroatoms. The molecule has 1 aromatic heterocycles. The fourth-order valence-corrected chi connectivity index (χ4v) is 4.01. The van der Waals surface area contributed by atoms with Crippen molar-refractivity contribution in [3.05, 3.63) is 64.8 Å². The molecule has 1 heterocycles. The monoisotopic (exact) mass is 455 g/mol. The SMILES string of the molecule is COc1ccc(Oc2c(CN(CC3CC3)C[C@@H](C)O)c(C)nn2-c2cccc(Cl)c2)cc1. The lowest BCUT2D eigenvalue weighted by Crippen LogP contribution is -2.32. The second-order valence-corrected chi connectivity index (χ2v) is 8.96. The van der Waals surface area contributed by atoms with Crippen molar-refractivity contribution in [2.24, 2.45) is 5.92 Å². The number of methoxy groups -OCH3 is 1. The van der Waals surface area contributed by atoms with Crippen molar-refractivity contribution in [1.82, 2.24) is 14.7 Å². The molecule has 6 nitrogen and oxygen atoms in total. The number of ether oxygens (including phenoxy) is 2. The number of halogens is 1. The zero-order valence-corrected chi connectivity index (χ0v) is 19.5. The number of aliphatic hydroxyl groups excluding tert-OH is 1. The van der Waals surface area contributed by atoms with Gasteiger partial charge in [-0.1, -0.05) is 17.7 Å². The van der Waals surface area contributed by atoms with E-state index in [-0.39, 0.29) is 0 Å². The molecule has 0 bridgehead atoms. The number of rotatable bonds is 10. The second-order valence-electron chi connectivity index (χ2n) is 8.52. The van der Waals surface area contributed by atoms with Crippen LogP contribution >= 0.6 is 11.6 Å². The quantitative estimate of drug-likeness (QED) is 0.453. The van der Waals surface area contributed by atoms with Gasteiger partial charge in [-0.2, -0.15) is 5.10 Å². The maximum Gasteiger partial charge on any atom is 0.227 e. The van der Waals surface area contributed by atoms with Crippen LogP contribution in [0.3, 0.4) is 0 Å². The Balaban J connectivity index is 1.71. The topological polar surface area (TPSA) is 59.8 Å². The van der Waals surface area contributed by atoms with E-state index in [1.165, 1.54) is 12.8 Å². The Labute approximate surface area is 194 Å². The summed E-state index contributed by atoms with van der Waals surface area (Å²) in [5.41, 5.74) is 2.72. The minimum atomic E-state index is -0.400. The second kappa shape index (κ2) is 9.94. The first-order valence-electron chi connectivity index (χ1n) is 11.0. The molecule has 1 saturated carbocycles. The predicted molar refractivity (Wildman–Crippen MR) is 126 cm³/mol. The van der Waals surface area contributed by atoms with Gasteiger partial charge in [-0.15, -0.1) is 0 Å². The third-order valence-corrected chi connectivity index (χ3v) is 5.82. The van der Waals surface area contributed by atoms with Gasteiger partial charge in [0, 0.05) is 24.7 Å². The Bertz CT molecular complexity index is 1040. The lowest BCUT2D eigenvalue weighted by molar-refractivity contribution is 0.118. The number of aromatic nitrogens is 2. The van der Waals surface area contributed by atoms with Crippen LogP contribution in [0.25, 0.3) is 5.69 Å². The number of benzene rings is 2. The highest BCUT2D eigenvalue weighted by Gasteiger charge is 2.27. The van der Waals surface area contributed by atoms with Crippen LogP contribution in [-0.2, 0) is 6.54 Å². The number of nitrogens with zero attached hydrogens (tertiary/aromatic N) is 3. The van der Waals surface area contributed by atoms with Gasteiger partial charge in [-0.25, -0.2) is 4.68 Å². The van der Waals surface area contributed by atoms with Crippen LogP contribution < -0.4 is 9.47 Å². The number of aliphatic hydroxyl groups is 1. The highest BCUT2D eigenvalue weighted by molar-refractivity contribution is 6.30. The lowest BCUT2D eigenvalue weighted by Gasteiger charge is -2.24. The van der Waals surface area contributed by atoms with Crippen molar-refractivity contribution in [3.63, 3.8) is 0 Å². The van der Waals surface area contributed by atoms with Crippen LogP contribution in [0.15, 0.2) is 48.5 Å². The molecule has 1 aliphatic carbocycles. The molecule has 4 rings (SSSR count). The third kappa shape index (κ3) is 5.63. The molecule has 3 aromatic rings. The summed E-state index contributed by atoms with van der Waals surface area (Å²) in [6.07, 6.45) is 2.11. The van der Waals surface area contributed by atoms with Crippen LogP contribution in [0.1, 0.15) is 31.0 Å². The van der Waals surface area contributed by atoms with E-state index < -0.39 is 6.10 Å². The lowest BCUT2D eigenvalue weighted by atomic mass is 10.2. The predicted octanol–water partition coefficient (Wildman–Crippen LogP) is 5.23. The maximum absolute atomic E-state index is 10.1. The molecule has 0 spiro atoms. The molecule has 0 saturated heterocycles. The summed E-state index contributed by atoms with van der Waals surface area (Å²) < 4.78 is 13.5. The van der Waals surface area contributed by atoms with E-state index in [0.29, 0.717) is 35.7 Å². The highest BCUT2D eigenvalue weighted by Crippen LogP contribution is 2.35. The first-order chi connectivity index (χ1) is 15.4. The zero-order valence-electron chi connectivity index (χ0n) is 18.8. The van der Waals surface area contributed by atoms with E-state index in [9.17, 15) is 5.11 Å². The maximum atomic E-state index is 10.1. The molecule has 0 aliphatic heterocycles. The van der Waals surface area contributed by atoms with Crippen molar-refractivity contribution >= 4 is 11.6 Å². The molecule has 1 aliphatic rings. The minimum Gasteiger partial charge on any atom is -0.497 e. The average molecular weight is 456 g/mol. The summed E-state index contributed by atoms with van der Waals surface area (Å²) in [6.45, 7) is 6.06. The molecule has 32 heavy (non-hydrogen) atoms. The van der Waals surface area contributed by atoms with E-state index in [1.807, 2.05) is 62.4 Å². The van der Waals surface area contributed by atoms with Gasteiger partial charge in [0.05, 0.1) is 30.2 Å². The largest absolute Gasteiger partial charge is 0.497 e. The smallest absolute Gasteiger partial charge is 0.227 e. The fourth-order valence-electron chi connectivity index (χ4n) is 3.83. The fraction of sp³-hybridized carbons (Fsp3) is 0.400. The van der Waals surface area contributed by atoms with Gasteiger partial charge >= 0.3 is 0 Å². The van der Waals surface area contributed by atoms with E-state index in [4.69, 9.17) is 26.2 Å². The molecule has 0 radical (unpaired) electrons. The van der Waals surface area contributed by atoms with E-state index in [2.05, 4.69) is 4.90 Å². The summed E-state index contributed by atoms with van der Waals surface area (Å²) in [5, 5.41) is 15.5. The molecular formula is C25H30ClN3O3. The standard InChI is InChI=1S/C25H30ClN3O3/c1-17(30)14-28(15-19-7-8-19)16-24-18(2)27-29(21-6-4-5-20(26)13-21)25(24)32-23-11-9-22(31-3)10-12-23/h4-6,9-13,17,19,30H,7-8,14-16H2,1-3H3/t17-/m1/s1. The van der Waals surface area contributed by atoms with Crippen molar-refractivity contribution in [3.8, 4) is 23.1 Å². The molecule has 1 atom stereocenters. The van der Waals surface area contributed by atoms with Gasteiger partial charge < -0.3 is 14.6 Å². The van der Waals surface area contributed by atoms with Crippen LogP contribution in [0, 0.1) is 12.8 Å². The summed E-state index contributed by atoms with van der Waals surface area (Å²) >= 11 is 6.26. The first kappa shape index (κ1) is 22.6. The first-order valence-corrected chi connectivity index (χ1v) is 11.4. The Kier molecular flexibility index (Phi) is 7.04. The van der Waals surface area contributed by atoms with Crippen LogP contribution in [0.4, 0.5) is 0 Å². The molecule has 0 amide bonds. The van der Waals surface area contributed by atoms with Crippen molar-refractivity contribution in [2.75, 3.05) is 20.2 Å². The van der Waals surface area contributed by atoms with Crippen molar-refractivity contribution in [2.45, 2.75) is 39.3 Å². The molecular weight excluding hydrogens is 426 g/mol. The van der Waals surface area contributed by atoms with Gasteiger partial charge in [0.2, 0.25) is 5.88 Å². The molecule has 2 aromatic carbocycles. The molecule has 1 N–H and O–H groups in total. The number of aryl methyl sites for hydroxylation is 1. The van der Waals surface area contributed by atoms with Crippen LogP contribution in [0.2, 0.25) is 5.02 Å². The van der Waals surface area contributed by atoms with Gasteiger partial charge in [0.1, 0.15) is 11.5 Å². The van der Waals surface area contributed by atoms with Gasteiger partial charge in [-0.05, 0) is 75.1 Å². The van der Waals surface area contributed by atoms with Crippen molar-refractivity contribution < 1.29 is 14.6 Å². The summed E-state index contributed by atoms with van der Waals surface area (Å²) in [5.74, 6) is 2.83. The van der Waals surface area contributed by atoms with Crippen LogP contribution in [-0.4, -0.2) is 46.1 Å². The molecule has 170 valence electrons. The Morgan fingerprint density at radius 3 is 2.53 bits per heavy atom. The molecule has 1 fully saturated rings. The van der Waals surface area contributed by atoms with E-state index in [1.54, 1.807) is 11.8 Å². The van der Waals surface area contributed by atoms with Gasteiger partial charge in [-0.3, -0.25) is 4.90 Å². The number of hydrogen-bond acceptors (Lipinski definition) is 5. The highest BCUT2D eigenvalue weighted by atomic mass is 35.5. The minimum absolute atomic E-state index is 0.400. The Morgan fingerprint density at radius 1 is 1.19 bits per heavy atom. The Hall–Kier alpha value is -2.54. The van der Waals surface area contributed by atoms with E-state index >= 15 is 0 Å². The number of hydrogen-bond donors (Lipinski definition) is 1. The van der Waals surface area contributed by atoms with Crippen molar-refractivity contribution in [1.29, 1.82) is 0 Å². The van der Waals surface area contributed by atoms with Gasteiger partial charge in [0.25, 0.3) is 0 Å². The summed E-state index contributed by atoms with van der Waals surface area (Å²) in [4.78, 5) is 2.30. The Morgan fingerprint density at radius 2 is 1.91 bits per heavy atom. The third-order valence-electron chi connectivity index (χ3n) is 5.58. The normalized spacial score (nSPS) is 14.6.